The molecule has 0 aliphatic rings. The van der Waals surface area contributed by atoms with Gasteiger partial charge in [-0.2, -0.15) is 0 Å². The average molecular weight is 231 g/mol. The fourth-order valence-corrected chi connectivity index (χ4v) is 1.17. The minimum Gasteiger partial charge on any atom is -0.383 e. The van der Waals surface area contributed by atoms with Crippen molar-refractivity contribution in [3.8, 4) is 0 Å². The Kier molecular flexibility index (Phi) is 5.31. The third-order valence-electron chi connectivity index (χ3n) is 1.80. The Morgan fingerprint density at radius 1 is 1.53 bits per heavy atom. The van der Waals surface area contributed by atoms with E-state index in [1.165, 1.54) is 0 Å². The molecule has 6 heteroatoms. The molecule has 5 nitrogen and oxygen atoms in total. The molecule has 84 valence electrons. The van der Waals surface area contributed by atoms with E-state index in [2.05, 4.69) is 15.3 Å². The van der Waals surface area contributed by atoms with E-state index in [4.69, 9.17) is 22.1 Å². The van der Waals surface area contributed by atoms with Crippen molar-refractivity contribution in [1.29, 1.82) is 0 Å². The van der Waals surface area contributed by atoms with Crippen LogP contribution in [0.4, 0.5) is 5.95 Å². The predicted molar refractivity (Wildman–Crippen MR) is 60.0 cm³/mol. The summed E-state index contributed by atoms with van der Waals surface area (Å²) in [6, 6.07) is 0.0369. The molecule has 1 aromatic heterocycles. The van der Waals surface area contributed by atoms with E-state index in [9.17, 15) is 0 Å². The van der Waals surface area contributed by atoms with E-state index < -0.39 is 0 Å². The molecule has 0 saturated heterocycles. The van der Waals surface area contributed by atoms with E-state index in [0.717, 1.165) is 6.42 Å². The molecule has 0 amide bonds. The molecule has 0 fully saturated rings. The Morgan fingerprint density at radius 2 is 2.20 bits per heavy atom. The van der Waals surface area contributed by atoms with Crippen LogP contribution < -0.4 is 11.1 Å². The number of hydrogen-bond acceptors (Lipinski definition) is 5. The summed E-state index contributed by atoms with van der Waals surface area (Å²) in [6.07, 6.45) is 3.90. The lowest BCUT2D eigenvalue weighted by atomic mass is 10.2. The summed E-state index contributed by atoms with van der Waals surface area (Å²) in [5.74, 6) is 0.559. The van der Waals surface area contributed by atoms with E-state index in [0.29, 0.717) is 24.1 Å². The molecule has 1 aromatic rings. The first-order valence-corrected chi connectivity index (χ1v) is 5.06. The van der Waals surface area contributed by atoms with Gasteiger partial charge in [0.05, 0.1) is 24.0 Å². The average Bonchev–Trinajstić information content (AvgIpc) is 2.21. The highest BCUT2D eigenvalue weighted by Crippen LogP contribution is 2.05. The van der Waals surface area contributed by atoms with E-state index in [1.807, 2.05) is 0 Å². The molecule has 0 aromatic carbocycles. The summed E-state index contributed by atoms with van der Waals surface area (Å²) in [5.41, 5.74) is 5.75. The molecular weight excluding hydrogens is 216 g/mol. The van der Waals surface area contributed by atoms with Crippen LogP contribution in [0.1, 0.15) is 6.42 Å². The second kappa shape index (κ2) is 6.55. The van der Waals surface area contributed by atoms with Gasteiger partial charge >= 0.3 is 0 Å². The number of rotatable bonds is 6. The summed E-state index contributed by atoms with van der Waals surface area (Å²) in [6.45, 7) is 1.27. The van der Waals surface area contributed by atoms with Gasteiger partial charge < -0.3 is 15.8 Å². The van der Waals surface area contributed by atoms with E-state index >= 15 is 0 Å². The van der Waals surface area contributed by atoms with Crippen LogP contribution in [-0.4, -0.2) is 36.3 Å². The van der Waals surface area contributed by atoms with Crippen LogP contribution in [0.15, 0.2) is 12.4 Å². The van der Waals surface area contributed by atoms with Crippen LogP contribution in [0, 0.1) is 0 Å². The SMILES string of the molecule is COCC(N)CCNc1ncc(Cl)cn1. The highest BCUT2D eigenvalue weighted by molar-refractivity contribution is 6.30. The number of anilines is 1. The summed E-state index contributed by atoms with van der Waals surface area (Å²) >= 11 is 5.65. The molecule has 0 aliphatic heterocycles. The Morgan fingerprint density at radius 3 is 2.80 bits per heavy atom. The van der Waals surface area contributed by atoms with Crippen molar-refractivity contribution < 1.29 is 4.74 Å². The summed E-state index contributed by atoms with van der Waals surface area (Å²) in [4.78, 5) is 7.99. The van der Waals surface area contributed by atoms with Crippen molar-refractivity contribution in [1.82, 2.24) is 9.97 Å². The normalized spacial score (nSPS) is 12.5. The molecule has 1 rings (SSSR count). The maximum absolute atomic E-state index is 5.75. The van der Waals surface area contributed by atoms with Gasteiger partial charge in [0, 0.05) is 19.7 Å². The third kappa shape index (κ3) is 4.92. The fourth-order valence-electron chi connectivity index (χ4n) is 1.07. The lowest BCUT2D eigenvalue weighted by Crippen LogP contribution is -2.28. The van der Waals surface area contributed by atoms with Crippen molar-refractivity contribution in [2.24, 2.45) is 5.73 Å². The molecule has 15 heavy (non-hydrogen) atoms. The monoisotopic (exact) mass is 230 g/mol. The van der Waals surface area contributed by atoms with Crippen LogP contribution in [0.25, 0.3) is 0 Å². The number of ether oxygens (including phenoxy) is 1. The number of nitrogens with two attached hydrogens (primary N) is 1. The molecule has 3 N–H and O–H groups in total. The number of halogens is 1. The smallest absolute Gasteiger partial charge is 0.222 e. The van der Waals surface area contributed by atoms with Crippen molar-refractivity contribution in [2.45, 2.75) is 12.5 Å². The number of nitrogens with zero attached hydrogens (tertiary/aromatic N) is 2. The lowest BCUT2D eigenvalue weighted by Gasteiger charge is -2.10. The maximum Gasteiger partial charge on any atom is 0.222 e. The van der Waals surface area contributed by atoms with Gasteiger partial charge in [-0.3, -0.25) is 0 Å². The number of methoxy groups -OCH3 is 1. The Labute approximate surface area is 94.0 Å². The first kappa shape index (κ1) is 12.2. The highest BCUT2D eigenvalue weighted by Gasteiger charge is 2.01. The number of nitrogens with one attached hydrogen (secondary N) is 1. The van der Waals surface area contributed by atoms with Crippen molar-refractivity contribution in [2.75, 3.05) is 25.6 Å². The number of aromatic nitrogens is 2. The quantitative estimate of drug-likeness (QED) is 0.760. The zero-order chi connectivity index (χ0) is 11.1. The van der Waals surface area contributed by atoms with Gasteiger partial charge in [0.1, 0.15) is 0 Å². The first-order chi connectivity index (χ1) is 7.22. The Bertz CT molecular complexity index is 280. The van der Waals surface area contributed by atoms with Crippen LogP contribution >= 0.6 is 11.6 Å². The summed E-state index contributed by atoms with van der Waals surface area (Å²) < 4.78 is 4.92. The van der Waals surface area contributed by atoms with Gasteiger partial charge in [0.15, 0.2) is 0 Å². The topological polar surface area (TPSA) is 73.1 Å². The molecule has 1 atom stereocenters. The van der Waals surface area contributed by atoms with Crippen molar-refractivity contribution >= 4 is 17.5 Å². The molecule has 0 radical (unpaired) electrons. The van der Waals surface area contributed by atoms with E-state index in [-0.39, 0.29) is 6.04 Å². The van der Waals surface area contributed by atoms with Gasteiger partial charge in [-0.05, 0) is 6.42 Å². The summed E-state index contributed by atoms with van der Waals surface area (Å²) in [7, 11) is 1.63. The van der Waals surface area contributed by atoms with Gasteiger partial charge in [-0.25, -0.2) is 9.97 Å². The van der Waals surface area contributed by atoms with Gasteiger partial charge in [0.25, 0.3) is 0 Å². The maximum atomic E-state index is 5.75. The van der Waals surface area contributed by atoms with Crippen LogP contribution in [0.3, 0.4) is 0 Å². The van der Waals surface area contributed by atoms with Crippen molar-refractivity contribution in [3.63, 3.8) is 0 Å². The molecular formula is C9H15ClN4O. The second-order valence-corrected chi connectivity index (χ2v) is 3.59. The first-order valence-electron chi connectivity index (χ1n) is 4.68. The van der Waals surface area contributed by atoms with E-state index in [1.54, 1.807) is 19.5 Å². The minimum atomic E-state index is 0.0369. The predicted octanol–water partition coefficient (Wildman–Crippen LogP) is 0.906. The molecule has 0 spiro atoms. The number of hydrogen-bond donors (Lipinski definition) is 2. The lowest BCUT2D eigenvalue weighted by molar-refractivity contribution is 0.178. The van der Waals surface area contributed by atoms with Crippen molar-refractivity contribution in [3.05, 3.63) is 17.4 Å². The van der Waals surface area contributed by atoms with Crippen LogP contribution in [-0.2, 0) is 4.74 Å². The summed E-state index contributed by atoms with van der Waals surface area (Å²) in [5, 5.41) is 3.57. The van der Waals surface area contributed by atoms with Gasteiger partial charge in [0.2, 0.25) is 5.95 Å². The Balaban J connectivity index is 2.22. The third-order valence-corrected chi connectivity index (χ3v) is 1.99. The van der Waals surface area contributed by atoms with Crippen LogP contribution in [0.5, 0.6) is 0 Å². The second-order valence-electron chi connectivity index (χ2n) is 3.16. The molecule has 1 unspecified atom stereocenters. The molecule has 0 bridgehead atoms. The molecule has 0 saturated carbocycles. The highest BCUT2D eigenvalue weighted by atomic mass is 35.5. The minimum absolute atomic E-state index is 0.0369. The van der Waals surface area contributed by atoms with Gasteiger partial charge in [-0.15, -0.1) is 0 Å². The Hall–Kier alpha value is -0.910. The zero-order valence-electron chi connectivity index (χ0n) is 8.61. The largest absolute Gasteiger partial charge is 0.383 e. The van der Waals surface area contributed by atoms with Crippen LogP contribution in [0.2, 0.25) is 5.02 Å². The van der Waals surface area contributed by atoms with Gasteiger partial charge in [-0.1, -0.05) is 11.6 Å². The molecule has 0 aliphatic carbocycles. The zero-order valence-corrected chi connectivity index (χ0v) is 9.37. The standard InChI is InChI=1S/C9H15ClN4O/c1-15-6-8(11)2-3-12-9-13-4-7(10)5-14-9/h4-5,8H,2-3,6,11H2,1H3,(H,12,13,14). The fraction of sp³-hybridized carbons (Fsp3) is 0.556. The molecule has 1 heterocycles.